The van der Waals surface area contributed by atoms with Crippen molar-refractivity contribution >= 4 is 22.4 Å². The number of nitrogens with one attached hydrogen (secondary N) is 2. The molecule has 0 aromatic carbocycles. The van der Waals surface area contributed by atoms with E-state index in [-0.39, 0.29) is 17.2 Å². The third-order valence-corrected chi connectivity index (χ3v) is 4.24. The molecule has 0 aliphatic rings. The lowest BCUT2D eigenvalue weighted by atomic mass is 9.94. The third-order valence-electron chi connectivity index (χ3n) is 2.97. The van der Waals surface area contributed by atoms with Gasteiger partial charge in [-0.05, 0) is 5.92 Å². The van der Waals surface area contributed by atoms with Crippen LogP contribution < -0.4 is 5.32 Å². The van der Waals surface area contributed by atoms with Crippen molar-refractivity contribution in [2.45, 2.75) is 46.0 Å². The summed E-state index contributed by atoms with van der Waals surface area (Å²) in [4.78, 5) is 16.5. The van der Waals surface area contributed by atoms with Crippen molar-refractivity contribution in [3.8, 4) is 0 Å². The molecule has 0 saturated carbocycles. The largest absolute Gasteiger partial charge is 0.300 e. The Morgan fingerprint density at radius 1 is 1.33 bits per heavy atom. The maximum atomic E-state index is 12.5. The molecular formula is C13H20N6OS. The Balaban J connectivity index is 2.14. The van der Waals surface area contributed by atoms with Gasteiger partial charge in [0.05, 0.1) is 0 Å². The Kier molecular flexibility index (Phi) is 4.36. The second-order valence-electron chi connectivity index (χ2n) is 6.24. The van der Waals surface area contributed by atoms with Crippen LogP contribution in [0.5, 0.6) is 0 Å². The van der Waals surface area contributed by atoms with Crippen LogP contribution >= 0.6 is 11.3 Å². The van der Waals surface area contributed by atoms with Gasteiger partial charge in [-0.15, -0.1) is 10.2 Å². The molecule has 0 saturated heterocycles. The Morgan fingerprint density at radius 3 is 2.52 bits per heavy atom. The number of hydrogen-bond acceptors (Lipinski definition) is 6. The summed E-state index contributed by atoms with van der Waals surface area (Å²) in [5.74, 6) is 0.101. The standard InChI is InChI=1S/C13H20N6OS/c1-7(2)8(9-14-6-15-17-9)10(20)16-12-19-18-11(21-12)13(3,4)5/h6-8H,1-5H3,(H,14,15,17)(H,16,19,20). The van der Waals surface area contributed by atoms with E-state index in [9.17, 15) is 4.79 Å². The Hall–Kier alpha value is -1.83. The van der Waals surface area contributed by atoms with Crippen LogP contribution in [-0.4, -0.2) is 31.3 Å². The van der Waals surface area contributed by atoms with Gasteiger partial charge in [-0.1, -0.05) is 46.0 Å². The summed E-state index contributed by atoms with van der Waals surface area (Å²) in [7, 11) is 0. The highest BCUT2D eigenvalue weighted by Crippen LogP contribution is 2.29. The summed E-state index contributed by atoms with van der Waals surface area (Å²) in [5, 5.41) is 19.0. The van der Waals surface area contributed by atoms with Gasteiger partial charge in [0, 0.05) is 5.41 Å². The van der Waals surface area contributed by atoms with Crippen molar-refractivity contribution < 1.29 is 4.79 Å². The number of aromatic amines is 1. The molecule has 0 spiro atoms. The van der Waals surface area contributed by atoms with Gasteiger partial charge in [0.1, 0.15) is 23.1 Å². The second kappa shape index (κ2) is 5.88. The van der Waals surface area contributed by atoms with Crippen molar-refractivity contribution in [2.75, 3.05) is 5.32 Å². The van der Waals surface area contributed by atoms with Gasteiger partial charge in [-0.25, -0.2) is 4.98 Å². The zero-order valence-electron chi connectivity index (χ0n) is 12.8. The second-order valence-corrected chi connectivity index (χ2v) is 7.22. The Labute approximate surface area is 127 Å². The molecular weight excluding hydrogens is 288 g/mol. The fourth-order valence-corrected chi connectivity index (χ4v) is 2.67. The molecule has 2 aromatic rings. The van der Waals surface area contributed by atoms with Gasteiger partial charge in [-0.3, -0.25) is 15.2 Å². The number of rotatable bonds is 4. The van der Waals surface area contributed by atoms with Crippen LogP contribution in [0.15, 0.2) is 6.33 Å². The van der Waals surface area contributed by atoms with Gasteiger partial charge in [0.25, 0.3) is 0 Å². The van der Waals surface area contributed by atoms with E-state index in [1.54, 1.807) is 0 Å². The number of carbonyl (C=O) groups excluding carboxylic acids is 1. The van der Waals surface area contributed by atoms with E-state index < -0.39 is 5.92 Å². The molecule has 2 rings (SSSR count). The molecule has 0 fully saturated rings. The highest BCUT2D eigenvalue weighted by molar-refractivity contribution is 7.15. The van der Waals surface area contributed by atoms with E-state index in [0.717, 1.165) is 5.01 Å². The first-order chi connectivity index (χ1) is 9.79. The van der Waals surface area contributed by atoms with E-state index >= 15 is 0 Å². The zero-order chi connectivity index (χ0) is 15.6. The smallest absolute Gasteiger partial charge is 0.237 e. The lowest BCUT2D eigenvalue weighted by molar-refractivity contribution is -0.118. The molecule has 7 nitrogen and oxygen atoms in total. The van der Waals surface area contributed by atoms with Gasteiger partial charge in [0.15, 0.2) is 0 Å². The zero-order valence-corrected chi connectivity index (χ0v) is 13.7. The summed E-state index contributed by atoms with van der Waals surface area (Å²) in [6, 6.07) is 0. The first kappa shape index (κ1) is 15.6. The van der Waals surface area contributed by atoms with Crippen LogP contribution in [0, 0.1) is 5.92 Å². The predicted octanol–water partition coefficient (Wildman–Crippen LogP) is 2.33. The molecule has 2 aromatic heterocycles. The molecule has 0 aliphatic carbocycles. The lowest BCUT2D eigenvalue weighted by Crippen LogP contribution is -2.26. The molecule has 0 aliphatic heterocycles. The molecule has 1 amide bonds. The lowest BCUT2D eigenvalue weighted by Gasteiger charge is -2.16. The maximum absolute atomic E-state index is 12.5. The highest BCUT2D eigenvalue weighted by atomic mass is 32.1. The number of hydrogen-bond donors (Lipinski definition) is 2. The van der Waals surface area contributed by atoms with E-state index in [1.165, 1.54) is 17.7 Å². The Bertz CT molecular complexity index is 598. The number of nitrogens with zero attached hydrogens (tertiary/aromatic N) is 4. The summed E-state index contributed by atoms with van der Waals surface area (Å²) < 4.78 is 0. The van der Waals surface area contributed by atoms with Crippen LogP contribution in [0.2, 0.25) is 0 Å². The molecule has 0 bridgehead atoms. The fourth-order valence-electron chi connectivity index (χ4n) is 1.87. The highest BCUT2D eigenvalue weighted by Gasteiger charge is 2.28. The molecule has 2 N–H and O–H groups in total. The summed E-state index contributed by atoms with van der Waals surface area (Å²) in [5.41, 5.74) is -0.0803. The van der Waals surface area contributed by atoms with Crippen LogP contribution in [-0.2, 0) is 10.2 Å². The quantitative estimate of drug-likeness (QED) is 0.903. The topological polar surface area (TPSA) is 96.5 Å². The van der Waals surface area contributed by atoms with Gasteiger partial charge in [0.2, 0.25) is 11.0 Å². The molecule has 1 unspecified atom stereocenters. The number of amides is 1. The maximum Gasteiger partial charge on any atom is 0.237 e. The van der Waals surface area contributed by atoms with E-state index in [2.05, 4.69) is 51.5 Å². The molecule has 2 heterocycles. The average molecular weight is 308 g/mol. The van der Waals surface area contributed by atoms with Crippen molar-refractivity contribution in [3.63, 3.8) is 0 Å². The minimum Gasteiger partial charge on any atom is -0.300 e. The minimum atomic E-state index is -0.394. The van der Waals surface area contributed by atoms with Gasteiger partial charge >= 0.3 is 0 Å². The van der Waals surface area contributed by atoms with Crippen molar-refractivity contribution in [1.29, 1.82) is 0 Å². The molecule has 0 radical (unpaired) electrons. The van der Waals surface area contributed by atoms with Crippen LogP contribution in [0.1, 0.15) is 51.4 Å². The third kappa shape index (κ3) is 3.63. The predicted molar refractivity (Wildman–Crippen MR) is 81.2 cm³/mol. The normalized spacial score (nSPS) is 13.4. The molecule has 21 heavy (non-hydrogen) atoms. The van der Waals surface area contributed by atoms with Gasteiger partial charge < -0.3 is 0 Å². The van der Waals surface area contributed by atoms with Crippen LogP contribution in [0.4, 0.5) is 5.13 Å². The van der Waals surface area contributed by atoms with E-state index in [4.69, 9.17) is 0 Å². The number of H-pyrrole nitrogens is 1. The molecule has 1 atom stereocenters. The molecule has 8 heteroatoms. The van der Waals surface area contributed by atoms with E-state index in [1.807, 2.05) is 13.8 Å². The van der Waals surface area contributed by atoms with Gasteiger partial charge in [-0.2, -0.15) is 5.10 Å². The van der Waals surface area contributed by atoms with Crippen LogP contribution in [0.25, 0.3) is 0 Å². The molecule has 114 valence electrons. The van der Waals surface area contributed by atoms with Crippen molar-refractivity contribution in [3.05, 3.63) is 17.2 Å². The Morgan fingerprint density at radius 2 is 2.05 bits per heavy atom. The monoisotopic (exact) mass is 308 g/mol. The number of anilines is 1. The van der Waals surface area contributed by atoms with Crippen molar-refractivity contribution in [1.82, 2.24) is 25.4 Å². The number of aromatic nitrogens is 5. The minimum absolute atomic E-state index is 0.0803. The van der Waals surface area contributed by atoms with Crippen molar-refractivity contribution in [2.24, 2.45) is 5.92 Å². The summed E-state index contributed by atoms with van der Waals surface area (Å²) >= 11 is 1.39. The van der Waals surface area contributed by atoms with Crippen LogP contribution in [0.3, 0.4) is 0 Å². The summed E-state index contributed by atoms with van der Waals surface area (Å²) in [6.45, 7) is 10.1. The fraction of sp³-hybridized carbons (Fsp3) is 0.615. The first-order valence-corrected chi connectivity index (χ1v) is 7.61. The van der Waals surface area contributed by atoms with E-state index in [0.29, 0.717) is 11.0 Å². The number of carbonyl (C=O) groups is 1. The average Bonchev–Trinajstić information content (AvgIpc) is 2.98. The SMILES string of the molecule is CC(C)C(C(=O)Nc1nnc(C(C)(C)C)s1)c1ncn[nH]1. The first-order valence-electron chi connectivity index (χ1n) is 6.79. The summed E-state index contributed by atoms with van der Waals surface area (Å²) in [6.07, 6.45) is 1.40.